The topological polar surface area (TPSA) is 84.2 Å². The molecule has 1 aromatic carbocycles. The van der Waals surface area contributed by atoms with Crippen LogP contribution in [0.5, 0.6) is 11.6 Å². The molecule has 1 aromatic heterocycles. The molecule has 1 saturated carbocycles. The Bertz CT molecular complexity index is 870. The molecule has 3 rings (SSSR count). The van der Waals surface area contributed by atoms with Crippen molar-refractivity contribution < 1.29 is 14.3 Å². The molecule has 1 aliphatic carbocycles. The second-order valence-electron chi connectivity index (χ2n) is 7.60. The van der Waals surface area contributed by atoms with Crippen LogP contribution in [0.15, 0.2) is 42.6 Å². The number of rotatable bonds is 8. The fourth-order valence-electron chi connectivity index (χ4n) is 3.40. The highest BCUT2D eigenvalue weighted by Gasteiger charge is 2.26. The Hall–Kier alpha value is -3.07. The number of para-hydroxylation sites is 1. The summed E-state index contributed by atoms with van der Waals surface area (Å²) in [5.41, 5.74) is 1.25. The zero-order valence-corrected chi connectivity index (χ0v) is 16.9. The lowest BCUT2D eigenvalue weighted by Crippen LogP contribution is -2.41. The summed E-state index contributed by atoms with van der Waals surface area (Å²) in [6.07, 6.45) is 5.65. The van der Waals surface area contributed by atoms with Gasteiger partial charge in [0.1, 0.15) is 17.9 Å². The molecule has 1 unspecified atom stereocenters. The van der Waals surface area contributed by atoms with E-state index in [0.717, 1.165) is 18.4 Å². The van der Waals surface area contributed by atoms with E-state index in [0.29, 0.717) is 23.7 Å². The van der Waals surface area contributed by atoms with Crippen LogP contribution in [-0.4, -0.2) is 23.1 Å². The summed E-state index contributed by atoms with van der Waals surface area (Å²) in [4.78, 5) is 17.2. The van der Waals surface area contributed by atoms with Crippen LogP contribution >= 0.6 is 0 Å². The van der Waals surface area contributed by atoms with Crippen LogP contribution in [0.4, 0.5) is 0 Å². The van der Waals surface area contributed by atoms with E-state index in [2.05, 4.69) is 16.4 Å². The lowest BCUT2D eigenvalue weighted by molar-refractivity contribution is -0.130. The molecule has 0 spiro atoms. The van der Waals surface area contributed by atoms with Gasteiger partial charge in [-0.05, 0) is 49.8 Å². The number of nitrogens with one attached hydrogen (secondary N) is 1. The summed E-state index contributed by atoms with van der Waals surface area (Å²) in [5.74, 6) is 0.695. The SMILES string of the molecule is CC(C)C(Oc1ccccc1C#N)C(=O)NCc1cccnc1OC1CCCC1. The minimum atomic E-state index is -0.708. The van der Waals surface area contributed by atoms with E-state index in [1.807, 2.05) is 26.0 Å². The lowest BCUT2D eigenvalue weighted by atomic mass is 10.1. The minimum absolute atomic E-state index is 0.0649. The zero-order chi connectivity index (χ0) is 20.6. The van der Waals surface area contributed by atoms with Crippen LogP contribution in [0, 0.1) is 17.2 Å². The molecule has 2 aromatic rings. The third-order valence-corrected chi connectivity index (χ3v) is 5.01. The van der Waals surface area contributed by atoms with Gasteiger partial charge in [-0.15, -0.1) is 0 Å². The Morgan fingerprint density at radius 2 is 2.00 bits per heavy atom. The Morgan fingerprint density at radius 3 is 2.72 bits per heavy atom. The van der Waals surface area contributed by atoms with Gasteiger partial charge in [0, 0.05) is 18.3 Å². The number of hydrogen-bond donors (Lipinski definition) is 1. The van der Waals surface area contributed by atoms with Crippen LogP contribution in [0.2, 0.25) is 0 Å². The van der Waals surface area contributed by atoms with Gasteiger partial charge >= 0.3 is 0 Å². The minimum Gasteiger partial charge on any atom is -0.479 e. The van der Waals surface area contributed by atoms with E-state index in [9.17, 15) is 10.1 Å². The number of hydrogen-bond acceptors (Lipinski definition) is 5. The predicted molar refractivity (Wildman–Crippen MR) is 109 cm³/mol. The number of carbonyl (C=O) groups is 1. The van der Waals surface area contributed by atoms with Crippen molar-refractivity contribution >= 4 is 5.91 Å². The maximum atomic E-state index is 12.8. The second-order valence-corrected chi connectivity index (χ2v) is 7.60. The average Bonchev–Trinajstić information content (AvgIpc) is 3.24. The van der Waals surface area contributed by atoms with Gasteiger partial charge in [-0.25, -0.2) is 4.98 Å². The summed E-state index contributed by atoms with van der Waals surface area (Å²) < 4.78 is 11.9. The highest BCUT2D eigenvalue weighted by Crippen LogP contribution is 2.25. The second kappa shape index (κ2) is 9.92. The van der Waals surface area contributed by atoms with Crippen LogP contribution < -0.4 is 14.8 Å². The Kier molecular flexibility index (Phi) is 7.07. The number of amides is 1. The Labute approximate surface area is 171 Å². The van der Waals surface area contributed by atoms with Crippen LogP contribution in [0.3, 0.4) is 0 Å². The molecule has 152 valence electrons. The molecule has 1 aliphatic rings. The molecular weight excluding hydrogens is 366 g/mol. The average molecular weight is 393 g/mol. The molecule has 0 aliphatic heterocycles. The number of aromatic nitrogens is 1. The molecule has 1 amide bonds. The Balaban J connectivity index is 1.66. The summed E-state index contributed by atoms with van der Waals surface area (Å²) in [5, 5.41) is 12.2. The fraction of sp³-hybridized carbons (Fsp3) is 0.435. The molecule has 6 heteroatoms. The number of nitrogens with zero attached hydrogens (tertiary/aromatic N) is 2. The molecule has 0 saturated heterocycles. The molecule has 0 bridgehead atoms. The van der Waals surface area contributed by atoms with Gasteiger partial charge in [0.15, 0.2) is 6.10 Å². The normalized spacial score (nSPS) is 15.0. The van der Waals surface area contributed by atoms with E-state index in [1.165, 1.54) is 12.8 Å². The van der Waals surface area contributed by atoms with E-state index < -0.39 is 6.10 Å². The van der Waals surface area contributed by atoms with Crippen molar-refractivity contribution in [2.75, 3.05) is 0 Å². The molecule has 0 radical (unpaired) electrons. The van der Waals surface area contributed by atoms with Crippen molar-refractivity contribution in [2.45, 2.75) is 58.3 Å². The molecule has 1 atom stereocenters. The quantitative estimate of drug-likeness (QED) is 0.733. The van der Waals surface area contributed by atoms with E-state index in [4.69, 9.17) is 9.47 Å². The largest absolute Gasteiger partial charge is 0.479 e. The Morgan fingerprint density at radius 1 is 1.24 bits per heavy atom. The summed E-state index contributed by atoms with van der Waals surface area (Å²) >= 11 is 0. The first kappa shape index (κ1) is 20.7. The number of ether oxygens (including phenoxy) is 2. The zero-order valence-electron chi connectivity index (χ0n) is 16.9. The third kappa shape index (κ3) is 5.47. The van der Waals surface area contributed by atoms with Gasteiger partial charge in [-0.3, -0.25) is 4.79 Å². The molecule has 1 fully saturated rings. The van der Waals surface area contributed by atoms with Crippen LogP contribution in [0.1, 0.15) is 50.7 Å². The molecule has 1 heterocycles. The van der Waals surface area contributed by atoms with Crippen LogP contribution in [-0.2, 0) is 11.3 Å². The standard InChI is InChI=1S/C23H27N3O3/c1-16(2)21(29-20-12-6-3-8-17(20)14-24)22(27)26-15-18-9-7-13-25-23(18)28-19-10-4-5-11-19/h3,6-9,12-13,16,19,21H,4-5,10-11,15H2,1-2H3,(H,26,27). The first-order valence-electron chi connectivity index (χ1n) is 10.1. The summed E-state index contributed by atoms with van der Waals surface area (Å²) in [7, 11) is 0. The number of pyridine rings is 1. The third-order valence-electron chi connectivity index (χ3n) is 5.01. The van der Waals surface area contributed by atoms with Crippen molar-refractivity contribution in [3.8, 4) is 17.7 Å². The monoisotopic (exact) mass is 393 g/mol. The maximum absolute atomic E-state index is 12.8. The van der Waals surface area contributed by atoms with E-state index in [-0.39, 0.29) is 17.9 Å². The van der Waals surface area contributed by atoms with Gasteiger partial charge in [-0.2, -0.15) is 5.26 Å². The first-order valence-corrected chi connectivity index (χ1v) is 10.1. The number of carbonyl (C=O) groups excluding carboxylic acids is 1. The van der Waals surface area contributed by atoms with Gasteiger partial charge in [0.2, 0.25) is 5.88 Å². The predicted octanol–water partition coefficient (Wildman–Crippen LogP) is 3.99. The highest BCUT2D eigenvalue weighted by atomic mass is 16.5. The van der Waals surface area contributed by atoms with Crippen LogP contribution in [0.25, 0.3) is 0 Å². The smallest absolute Gasteiger partial charge is 0.261 e. The maximum Gasteiger partial charge on any atom is 0.261 e. The molecule has 29 heavy (non-hydrogen) atoms. The fourth-order valence-corrected chi connectivity index (χ4v) is 3.40. The van der Waals surface area contributed by atoms with Gasteiger partial charge in [0.05, 0.1) is 5.56 Å². The van der Waals surface area contributed by atoms with Crippen molar-refractivity contribution in [2.24, 2.45) is 5.92 Å². The van der Waals surface area contributed by atoms with Gasteiger partial charge < -0.3 is 14.8 Å². The molecule has 6 nitrogen and oxygen atoms in total. The highest BCUT2D eigenvalue weighted by molar-refractivity contribution is 5.81. The first-order chi connectivity index (χ1) is 14.1. The van der Waals surface area contributed by atoms with Crippen molar-refractivity contribution in [3.63, 3.8) is 0 Å². The van der Waals surface area contributed by atoms with E-state index >= 15 is 0 Å². The van der Waals surface area contributed by atoms with Crippen molar-refractivity contribution in [1.82, 2.24) is 10.3 Å². The summed E-state index contributed by atoms with van der Waals surface area (Å²) in [6, 6.07) is 12.8. The van der Waals surface area contributed by atoms with Crippen molar-refractivity contribution in [1.29, 1.82) is 5.26 Å². The van der Waals surface area contributed by atoms with Crippen molar-refractivity contribution in [3.05, 3.63) is 53.7 Å². The summed E-state index contributed by atoms with van der Waals surface area (Å²) in [6.45, 7) is 4.14. The number of benzene rings is 1. The van der Waals surface area contributed by atoms with Gasteiger partial charge in [0.25, 0.3) is 5.91 Å². The molecule has 1 N–H and O–H groups in total. The number of nitriles is 1. The molecular formula is C23H27N3O3. The van der Waals surface area contributed by atoms with E-state index in [1.54, 1.807) is 30.5 Å². The van der Waals surface area contributed by atoms with Gasteiger partial charge in [-0.1, -0.05) is 32.0 Å². The lowest BCUT2D eigenvalue weighted by Gasteiger charge is -2.23.